The van der Waals surface area contributed by atoms with Crippen molar-refractivity contribution in [1.29, 1.82) is 0 Å². The van der Waals surface area contributed by atoms with Crippen molar-refractivity contribution in [3.8, 4) is 0 Å². The average Bonchev–Trinajstić information content (AvgIpc) is 1.85. The Morgan fingerprint density at radius 3 is 2.27 bits per heavy atom. The fourth-order valence-corrected chi connectivity index (χ4v) is 1.20. The SMILES string of the molecule is CCCC(C)C(=O)C(C)(C)N. The predicted octanol–water partition coefficient (Wildman–Crippen LogP) is 1.73. The molecule has 1 atom stereocenters. The van der Waals surface area contributed by atoms with E-state index in [1.165, 1.54) is 0 Å². The minimum Gasteiger partial charge on any atom is -0.319 e. The summed E-state index contributed by atoms with van der Waals surface area (Å²) < 4.78 is 0. The third kappa shape index (κ3) is 3.51. The Morgan fingerprint density at radius 2 is 2.00 bits per heavy atom. The highest BCUT2D eigenvalue weighted by molar-refractivity contribution is 5.89. The molecule has 0 aliphatic rings. The molecule has 0 fully saturated rings. The van der Waals surface area contributed by atoms with Crippen molar-refractivity contribution in [2.24, 2.45) is 11.7 Å². The average molecular weight is 157 g/mol. The summed E-state index contributed by atoms with van der Waals surface area (Å²) in [4.78, 5) is 11.4. The predicted molar refractivity (Wildman–Crippen MR) is 47.3 cm³/mol. The van der Waals surface area contributed by atoms with Crippen LogP contribution in [-0.2, 0) is 4.79 Å². The Hall–Kier alpha value is -0.370. The first-order valence-corrected chi connectivity index (χ1v) is 4.22. The van der Waals surface area contributed by atoms with Crippen molar-refractivity contribution in [1.82, 2.24) is 0 Å². The lowest BCUT2D eigenvalue weighted by molar-refractivity contribution is -0.126. The number of ketones is 1. The Morgan fingerprint density at radius 1 is 1.55 bits per heavy atom. The molecule has 0 aliphatic heterocycles. The first-order chi connectivity index (χ1) is 4.89. The van der Waals surface area contributed by atoms with E-state index in [0.29, 0.717) is 0 Å². The van der Waals surface area contributed by atoms with Gasteiger partial charge in [-0.3, -0.25) is 4.79 Å². The summed E-state index contributed by atoms with van der Waals surface area (Å²) in [5.74, 6) is 0.277. The lowest BCUT2D eigenvalue weighted by Crippen LogP contribution is -2.44. The molecular weight excluding hydrogens is 138 g/mol. The summed E-state index contributed by atoms with van der Waals surface area (Å²) in [6.45, 7) is 7.55. The van der Waals surface area contributed by atoms with Gasteiger partial charge in [-0.2, -0.15) is 0 Å². The fraction of sp³-hybridized carbons (Fsp3) is 0.889. The lowest BCUT2D eigenvalue weighted by Gasteiger charge is -2.21. The maximum absolute atomic E-state index is 11.4. The summed E-state index contributed by atoms with van der Waals surface area (Å²) >= 11 is 0. The molecule has 0 aromatic heterocycles. The van der Waals surface area contributed by atoms with Crippen LogP contribution in [0.25, 0.3) is 0 Å². The summed E-state index contributed by atoms with van der Waals surface area (Å²) in [5.41, 5.74) is 5.00. The molecule has 0 bridgehead atoms. The maximum atomic E-state index is 11.4. The van der Waals surface area contributed by atoms with Gasteiger partial charge in [0, 0.05) is 5.92 Å². The Kier molecular flexibility index (Phi) is 3.73. The number of carbonyl (C=O) groups excluding carboxylic acids is 1. The largest absolute Gasteiger partial charge is 0.319 e. The van der Waals surface area contributed by atoms with Crippen LogP contribution >= 0.6 is 0 Å². The Labute approximate surface area is 69.2 Å². The molecule has 0 rings (SSSR count). The highest BCUT2D eigenvalue weighted by Gasteiger charge is 2.26. The molecule has 0 saturated carbocycles. The second-order valence-electron chi connectivity index (χ2n) is 3.78. The van der Waals surface area contributed by atoms with Crippen molar-refractivity contribution >= 4 is 5.78 Å². The Balaban J connectivity index is 4.03. The van der Waals surface area contributed by atoms with Crippen LogP contribution in [0, 0.1) is 5.92 Å². The molecular formula is C9H19NO. The van der Waals surface area contributed by atoms with Gasteiger partial charge in [-0.15, -0.1) is 0 Å². The molecule has 0 radical (unpaired) electrons. The molecule has 0 aromatic carbocycles. The third-order valence-corrected chi connectivity index (χ3v) is 1.80. The summed E-state index contributed by atoms with van der Waals surface area (Å²) in [6, 6.07) is 0. The van der Waals surface area contributed by atoms with Gasteiger partial charge in [0.15, 0.2) is 5.78 Å². The van der Waals surface area contributed by atoms with Crippen LogP contribution in [0.1, 0.15) is 40.5 Å². The van der Waals surface area contributed by atoms with Gasteiger partial charge in [0.1, 0.15) is 0 Å². The molecule has 0 heterocycles. The highest BCUT2D eigenvalue weighted by Crippen LogP contribution is 2.13. The van der Waals surface area contributed by atoms with Gasteiger partial charge in [-0.1, -0.05) is 20.3 Å². The van der Waals surface area contributed by atoms with E-state index in [1.54, 1.807) is 13.8 Å². The van der Waals surface area contributed by atoms with Crippen molar-refractivity contribution < 1.29 is 4.79 Å². The molecule has 2 N–H and O–H groups in total. The topological polar surface area (TPSA) is 43.1 Å². The van der Waals surface area contributed by atoms with Gasteiger partial charge < -0.3 is 5.73 Å². The van der Waals surface area contributed by atoms with E-state index in [2.05, 4.69) is 6.92 Å². The minimum absolute atomic E-state index is 0.111. The molecule has 11 heavy (non-hydrogen) atoms. The number of Topliss-reactive ketones (excluding diaryl/α,β-unsaturated/α-hetero) is 1. The van der Waals surface area contributed by atoms with Crippen molar-refractivity contribution in [2.45, 2.75) is 46.1 Å². The van der Waals surface area contributed by atoms with E-state index in [9.17, 15) is 4.79 Å². The van der Waals surface area contributed by atoms with Crippen LogP contribution in [0.5, 0.6) is 0 Å². The molecule has 0 saturated heterocycles. The van der Waals surface area contributed by atoms with E-state index in [0.717, 1.165) is 12.8 Å². The fourth-order valence-electron chi connectivity index (χ4n) is 1.20. The van der Waals surface area contributed by atoms with E-state index in [-0.39, 0.29) is 11.7 Å². The monoisotopic (exact) mass is 157 g/mol. The summed E-state index contributed by atoms with van der Waals surface area (Å²) in [7, 11) is 0. The number of hydrogen-bond acceptors (Lipinski definition) is 2. The molecule has 66 valence electrons. The zero-order valence-electron chi connectivity index (χ0n) is 7.98. The first-order valence-electron chi connectivity index (χ1n) is 4.22. The lowest BCUT2D eigenvalue weighted by atomic mass is 9.88. The van der Waals surface area contributed by atoms with E-state index in [4.69, 9.17) is 5.73 Å². The van der Waals surface area contributed by atoms with Crippen LogP contribution in [0.2, 0.25) is 0 Å². The number of carbonyl (C=O) groups is 1. The van der Waals surface area contributed by atoms with Gasteiger partial charge in [0.2, 0.25) is 0 Å². The van der Waals surface area contributed by atoms with Crippen molar-refractivity contribution in [3.05, 3.63) is 0 Å². The van der Waals surface area contributed by atoms with Gasteiger partial charge in [-0.05, 0) is 20.3 Å². The summed E-state index contributed by atoms with van der Waals surface area (Å²) in [6.07, 6.45) is 1.99. The van der Waals surface area contributed by atoms with Crippen molar-refractivity contribution in [2.75, 3.05) is 0 Å². The highest BCUT2D eigenvalue weighted by atomic mass is 16.1. The van der Waals surface area contributed by atoms with Gasteiger partial charge in [0.05, 0.1) is 5.54 Å². The zero-order chi connectivity index (χ0) is 9.07. The Bertz CT molecular complexity index is 135. The molecule has 0 aliphatic carbocycles. The number of nitrogens with two attached hydrogens (primary N) is 1. The van der Waals surface area contributed by atoms with Crippen LogP contribution < -0.4 is 5.73 Å². The van der Waals surface area contributed by atoms with Crippen LogP contribution in [-0.4, -0.2) is 11.3 Å². The van der Waals surface area contributed by atoms with Gasteiger partial charge >= 0.3 is 0 Å². The van der Waals surface area contributed by atoms with E-state index < -0.39 is 5.54 Å². The molecule has 2 nitrogen and oxygen atoms in total. The second kappa shape index (κ2) is 3.86. The molecule has 1 unspecified atom stereocenters. The summed E-state index contributed by atoms with van der Waals surface area (Å²) in [5, 5.41) is 0. The van der Waals surface area contributed by atoms with Gasteiger partial charge in [0.25, 0.3) is 0 Å². The van der Waals surface area contributed by atoms with E-state index >= 15 is 0 Å². The molecule has 0 aromatic rings. The van der Waals surface area contributed by atoms with Crippen molar-refractivity contribution in [3.63, 3.8) is 0 Å². The number of rotatable bonds is 4. The smallest absolute Gasteiger partial charge is 0.154 e. The van der Waals surface area contributed by atoms with Crippen LogP contribution in [0.15, 0.2) is 0 Å². The second-order valence-corrected chi connectivity index (χ2v) is 3.78. The number of hydrogen-bond donors (Lipinski definition) is 1. The first kappa shape index (κ1) is 10.6. The maximum Gasteiger partial charge on any atom is 0.154 e. The van der Waals surface area contributed by atoms with Crippen LogP contribution in [0.3, 0.4) is 0 Å². The molecule has 0 amide bonds. The van der Waals surface area contributed by atoms with Gasteiger partial charge in [-0.25, -0.2) is 0 Å². The normalized spacial score (nSPS) is 14.6. The molecule has 0 spiro atoms. The third-order valence-electron chi connectivity index (χ3n) is 1.80. The molecule has 2 heteroatoms. The quantitative estimate of drug-likeness (QED) is 0.675. The van der Waals surface area contributed by atoms with E-state index in [1.807, 2.05) is 6.92 Å². The zero-order valence-corrected chi connectivity index (χ0v) is 7.98. The standard InChI is InChI=1S/C9H19NO/c1-5-6-7(2)8(11)9(3,4)10/h7H,5-6,10H2,1-4H3. The van der Waals surface area contributed by atoms with Crippen LogP contribution in [0.4, 0.5) is 0 Å². The minimum atomic E-state index is -0.658.